The van der Waals surface area contributed by atoms with Crippen LogP contribution in [0.4, 0.5) is 0 Å². The highest BCUT2D eigenvalue weighted by Crippen LogP contribution is 2.52. The van der Waals surface area contributed by atoms with E-state index >= 15 is 0 Å². The van der Waals surface area contributed by atoms with Crippen LogP contribution in [-0.2, 0) is 15.3 Å². The Kier molecular flexibility index (Phi) is 8.85. The maximum Gasteiger partial charge on any atom is 0.298 e. The molecule has 0 saturated carbocycles. The van der Waals surface area contributed by atoms with Gasteiger partial charge in [0, 0.05) is 22.8 Å². The van der Waals surface area contributed by atoms with E-state index in [9.17, 15) is 0 Å². The van der Waals surface area contributed by atoms with Gasteiger partial charge >= 0.3 is 0 Å². The Morgan fingerprint density at radius 3 is 1.87 bits per heavy atom. The van der Waals surface area contributed by atoms with Crippen molar-refractivity contribution in [2.45, 2.75) is 29.3 Å². The van der Waals surface area contributed by atoms with E-state index in [2.05, 4.69) is 36.4 Å². The van der Waals surface area contributed by atoms with E-state index in [0.29, 0.717) is 24.5 Å². The zero-order chi connectivity index (χ0) is 31.3. The second-order valence-corrected chi connectivity index (χ2v) is 12.2. The molecule has 4 nitrogen and oxygen atoms in total. The summed E-state index contributed by atoms with van der Waals surface area (Å²) < 4.78 is 26.4. The van der Waals surface area contributed by atoms with Gasteiger partial charge in [-0.2, -0.15) is 0 Å². The van der Waals surface area contributed by atoms with Crippen LogP contribution in [0.5, 0.6) is 11.5 Å². The molecule has 0 N–H and O–H groups in total. The lowest BCUT2D eigenvalue weighted by Gasteiger charge is -2.36. The van der Waals surface area contributed by atoms with Gasteiger partial charge in [0.1, 0.15) is 5.38 Å². The van der Waals surface area contributed by atoms with Gasteiger partial charge in [-0.1, -0.05) is 127 Å². The highest BCUT2D eigenvalue weighted by atomic mass is 35.5. The number of ether oxygens (including phenoxy) is 4. The fourth-order valence-corrected chi connectivity index (χ4v) is 6.38. The maximum atomic E-state index is 7.06. The molecule has 2 aliphatic heterocycles. The van der Waals surface area contributed by atoms with Crippen LogP contribution in [0.2, 0.25) is 0 Å². The summed E-state index contributed by atoms with van der Waals surface area (Å²) in [6.45, 7) is 0.428. The van der Waals surface area contributed by atoms with Crippen LogP contribution in [0, 0.1) is 0 Å². The van der Waals surface area contributed by atoms with Crippen LogP contribution in [0.25, 0.3) is 33.4 Å². The Labute approximate surface area is 279 Å². The lowest BCUT2D eigenvalue weighted by molar-refractivity contribution is -0.122. The number of halogens is 2. The first-order valence-corrected chi connectivity index (χ1v) is 16.2. The number of hydrogen-bond acceptors (Lipinski definition) is 4. The minimum absolute atomic E-state index is 0.312. The van der Waals surface area contributed by atoms with Crippen molar-refractivity contribution in [3.8, 4) is 44.9 Å². The molecule has 1 saturated heterocycles. The third kappa shape index (κ3) is 6.04. The fourth-order valence-electron chi connectivity index (χ4n) is 5.92. The van der Waals surface area contributed by atoms with Crippen molar-refractivity contribution in [2.75, 3.05) is 6.61 Å². The standard InChI is InChI=1S/C40H32Cl2O4/c41-33-23-26-43-39(37(33)42)45-38-34(46-40(24-13-14-25-44-40)31-21-11-4-12-22-31)27-32(28-15-5-1-6-16-28)35(29-17-7-2-8-18-29)36(38)30-19-9-3-10-20-30/h1-22,24-25,27,33,37,39H,23,26H2/t33-,37+,39?,40?/m0/s1. The average molecular weight is 648 g/mol. The van der Waals surface area contributed by atoms with Crippen molar-refractivity contribution >= 4 is 23.2 Å². The number of hydrogen-bond donors (Lipinski definition) is 0. The van der Waals surface area contributed by atoms with E-state index in [0.717, 1.165) is 38.9 Å². The van der Waals surface area contributed by atoms with Crippen molar-refractivity contribution in [3.05, 3.63) is 157 Å². The second-order valence-electron chi connectivity index (χ2n) is 11.1. The monoisotopic (exact) mass is 646 g/mol. The number of allylic oxidation sites excluding steroid dienone is 2. The van der Waals surface area contributed by atoms with Gasteiger partial charge in [-0.15, -0.1) is 23.2 Å². The molecule has 6 heteroatoms. The first-order valence-electron chi connectivity index (χ1n) is 15.3. The molecular formula is C40H32Cl2O4. The van der Waals surface area contributed by atoms with E-state index in [-0.39, 0.29) is 5.38 Å². The number of rotatable bonds is 8. The van der Waals surface area contributed by atoms with Crippen molar-refractivity contribution in [1.82, 2.24) is 0 Å². The molecule has 0 aliphatic carbocycles. The summed E-state index contributed by atoms with van der Waals surface area (Å²) in [5.41, 5.74) is 6.60. The van der Waals surface area contributed by atoms with Crippen molar-refractivity contribution in [1.29, 1.82) is 0 Å². The number of alkyl halides is 2. The zero-order valence-electron chi connectivity index (χ0n) is 25.0. The first kappa shape index (κ1) is 30.2. The fraction of sp³-hybridized carbons (Fsp3) is 0.150. The lowest BCUT2D eigenvalue weighted by Crippen LogP contribution is -2.42. The van der Waals surface area contributed by atoms with E-state index in [1.165, 1.54) is 0 Å². The summed E-state index contributed by atoms with van der Waals surface area (Å²) in [5.74, 6) is -0.328. The Bertz CT molecular complexity index is 1830. The van der Waals surface area contributed by atoms with Gasteiger partial charge in [-0.25, -0.2) is 0 Å². The molecule has 4 atom stereocenters. The van der Waals surface area contributed by atoms with Gasteiger partial charge in [0.2, 0.25) is 6.29 Å². The highest BCUT2D eigenvalue weighted by molar-refractivity contribution is 6.30. The summed E-state index contributed by atoms with van der Waals surface area (Å²) in [4.78, 5) is 0. The van der Waals surface area contributed by atoms with Gasteiger partial charge in [0.05, 0.1) is 18.2 Å². The van der Waals surface area contributed by atoms with Gasteiger partial charge in [0.25, 0.3) is 5.79 Å². The Morgan fingerprint density at radius 1 is 0.674 bits per heavy atom. The quantitative estimate of drug-likeness (QED) is 0.157. The SMILES string of the molecule is Cl[C@H]1CCOC(Oc2c(OC3(c4ccccc4)C=CC=CO3)cc(-c3ccccc3)c(-c3ccccc3)c2-c2ccccc2)[C@@H]1Cl. The molecule has 0 bridgehead atoms. The Hall–Kier alpha value is -4.48. The molecular weight excluding hydrogens is 615 g/mol. The lowest BCUT2D eigenvalue weighted by atomic mass is 9.86. The van der Waals surface area contributed by atoms with Crippen molar-refractivity contribution in [2.24, 2.45) is 0 Å². The van der Waals surface area contributed by atoms with E-state index in [1.807, 2.05) is 109 Å². The largest absolute Gasteiger partial charge is 0.459 e. The van der Waals surface area contributed by atoms with Crippen molar-refractivity contribution in [3.63, 3.8) is 0 Å². The summed E-state index contributed by atoms with van der Waals surface area (Å²) in [5, 5.41) is -0.898. The van der Waals surface area contributed by atoms with Gasteiger partial charge in [0.15, 0.2) is 11.5 Å². The maximum absolute atomic E-state index is 7.06. The van der Waals surface area contributed by atoms with Crippen LogP contribution in [0.15, 0.2) is 152 Å². The summed E-state index contributed by atoms with van der Waals surface area (Å²) in [6, 6.07) is 42.7. The minimum atomic E-state index is -1.27. The normalized spacial score (nSPS) is 22.2. The predicted molar refractivity (Wildman–Crippen MR) is 185 cm³/mol. The molecule has 0 spiro atoms. The van der Waals surface area contributed by atoms with Gasteiger partial charge in [-0.05, 0) is 40.8 Å². The summed E-state index contributed by atoms with van der Waals surface area (Å²) in [6.07, 6.45) is 7.11. The molecule has 0 radical (unpaired) electrons. The topological polar surface area (TPSA) is 36.9 Å². The first-order chi connectivity index (χ1) is 22.6. The van der Waals surface area contributed by atoms with Crippen LogP contribution in [0.3, 0.4) is 0 Å². The smallest absolute Gasteiger partial charge is 0.298 e. The van der Waals surface area contributed by atoms with E-state index in [1.54, 1.807) is 6.26 Å². The Morgan fingerprint density at radius 2 is 1.26 bits per heavy atom. The molecule has 2 unspecified atom stereocenters. The highest BCUT2D eigenvalue weighted by Gasteiger charge is 2.39. The van der Waals surface area contributed by atoms with Crippen LogP contribution in [-0.4, -0.2) is 23.7 Å². The van der Waals surface area contributed by atoms with Gasteiger partial charge < -0.3 is 18.9 Å². The zero-order valence-corrected chi connectivity index (χ0v) is 26.5. The molecule has 2 aliphatic rings. The molecule has 7 rings (SSSR count). The third-order valence-corrected chi connectivity index (χ3v) is 9.29. The molecule has 2 heterocycles. The molecule has 46 heavy (non-hydrogen) atoms. The Balaban J connectivity index is 1.54. The average Bonchev–Trinajstić information content (AvgIpc) is 3.12. The number of benzene rings is 5. The molecule has 5 aromatic rings. The minimum Gasteiger partial charge on any atom is -0.459 e. The summed E-state index contributed by atoms with van der Waals surface area (Å²) >= 11 is 13.5. The molecule has 0 aromatic heterocycles. The van der Waals surface area contributed by atoms with Crippen LogP contribution in [0.1, 0.15) is 12.0 Å². The van der Waals surface area contributed by atoms with Crippen LogP contribution < -0.4 is 9.47 Å². The molecule has 230 valence electrons. The summed E-state index contributed by atoms with van der Waals surface area (Å²) in [7, 11) is 0. The van der Waals surface area contributed by atoms with E-state index in [4.69, 9.17) is 42.1 Å². The molecule has 1 fully saturated rings. The predicted octanol–water partition coefficient (Wildman–Crippen LogP) is 10.4. The van der Waals surface area contributed by atoms with Crippen molar-refractivity contribution < 1.29 is 18.9 Å². The third-order valence-electron chi connectivity index (χ3n) is 8.16. The molecule has 5 aromatic carbocycles. The van der Waals surface area contributed by atoms with Gasteiger partial charge in [-0.3, -0.25) is 0 Å². The van der Waals surface area contributed by atoms with Crippen LogP contribution >= 0.6 is 23.2 Å². The second kappa shape index (κ2) is 13.5. The van der Waals surface area contributed by atoms with E-state index < -0.39 is 17.5 Å². The molecule has 0 amide bonds.